The SMILES string of the molecule is Cc1cccc(C)c1-c1ccnc2c(-c3cccc(-c4cc(-c5cccc6ccccc56)cc5oc(-c6cc(C(C)(C)C)ccc6O)nc45)c3)cccc12. The van der Waals surface area contributed by atoms with Gasteiger partial charge in [-0.1, -0.05) is 124 Å². The third kappa shape index (κ3) is 5.71. The predicted molar refractivity (Wildman–Crippen MR) is 224 cm³/mol. The number of hydrogen-bond acceptors (Lipinski definition) is 4. The average Bonchev–Trinajstić information content (AvgIpc) is 3.61. The number of phenols is 1. The zero-order valence-corrected chi connectivity index (χ0v) is 31.1. The van der Waals surface area contributed by atoms with Gasteiger partial charge >= 0.3 is 0 Å². The Morgan fingerprint density at radius 1 is 0.537 bits per heavy atom. The first kappa shape index (κ1) is 33.3. The number of aromatic nitrogens is 2. The van der Waals surface area contributed by atoms with E-state index in [4.69, 9.17) is 14.4 Å². The Balaban J connectivity index is 1.26. The Morgan fingerprint density at radius 2 is 1.22 bits per heavy atom. The molecule has 54 heavy (non-hydrogen) atoms. The molecular weight excluding hydrogens is 661 g/mol. The number of phenolic OH excluding ortho intramolecular Hbond substituents is 1. The molecule has 4 heteroatoms. The second-order valence-corrected chi connectivity index (χ2v) is 15.3. The first-order valence-electron chi connectivity index (χ1n) is 18.5. The fourth-order valence-corrected chi connectivity index (χ4v) is 7.89. The highest BCUT2D eigenvalue weighted by atomic mass is 16.3. The maximum Gasteiger partial charge on any atom is 0.231 e. The van der Waals surface area contributed by atoms with Crippen LogP contribution in [0.3, 0.4) is 0 Å². The van der Waals surface area contributed by atoms with Crippen LogP contribution in [0.2, 0.25) is 0 Å². The summed E-state index contributed by atoms with van der Waals surface area (Å²) in [7, 11) is 0. The smallest absolute Gasteiger partial charge is 0.231 e. The van der Waals surface area contributed by atoms with E-state index in [9.17, 15) is 5.11 Å². The number of aryl methyl sites for hydroxylation is 2. The van der Waals surface area contributed by atoms with Crippen molar-refractivity contribution in [2.75, 3.05) is 0 Å². The maximum absolute atomic E-state index is 11.1. The van der Waals surface area contributed by atoms with Crippen LogP contribution in [-0.4, -0.2) is 15.1 Å². The van der Waals surface area contributed by atoms with Crippen molar-refractivity contribution < 1.29 is 9.52 Å². The van der Waals surface area contributed by atoms with Gasteiger partial charge in [-0.25, -0.2) is 4.98 Å². The molecule has 0 aliphatic carbocycles. The van der Waals surface area contributed by atoms with E-state index in [-0.39, 0.29) is 11.2 Å². The molecule has 9 rings (SSSR count). The number of rotatable bonds is 5. The highest BCUT2D eigenvalue weighted by molar-refractivity contribution is 6.05. The Morgan fingerprint density at radius 3 is 2.04 bits per heavy atom. The van der Waals surface area contributed by atoms with Crippen molar-refractivity contribution in [3.63, 3.8) is 0 Å². The second kappa shape index (κ2) is 12.9. The molecule has 4 nitrogen and oxygen atoms in total. The molecule has 0 aliphatic heterocycles. The minimum Gasteiger partial charge on any atom is -0.507 e. The van der Waals surface area contributed by atoms with Gasteiger partial charge in [-0.3, -0.25) is 4.98 Å². The lowest BCUT2D eigenvalue weighted by Gasteiger charge is -2.19. The van der Waals surface area contributed by atoms with Gasteiger partial charge < -0.3 is 9.52 Å². The fraction of sp³-hybridized carbons (Fsp3) is 0.120. The topological polar surface area (TPSA) is 59.2 Å². The lowest BCUT2D eigenvalue weighted by Crippen LogP contribution is -2.10. The zero-order valence-electron chi connectivity index (χ0n) is 31.1. The molecule has 9 aromatic rings. The van der Waals surface area contributed by atoms with E-state index < -0.39 is 0 Å². The Hall–Kier alpha value is -6.52. The number of benzene rings is 7. The van der Waals surface area contributed by atoms with Crippen molar-refractivity contribution in [2.45, 2.75) is 40.0 Å². The van der Waals surface area contributed by atoms with Gasteiger partial charge in [0.2, 0.25) is 5.89 Å². The van der Waals surface area contributed by atoms with E-state index in [0.717, 1.165) is 60.8 Å². The summed E-state index contributed by atoms with van der Waals surface area (Å²) in [5.41, 5.74) is 15.1. The van der Waals surface area contributed by atoms with Gasteiger partial charge in [0.05, 0.1) is 11.1 Å². The molecular formula is C50H40N2O2. The molecule has 0 saturated heterocycles. The predicted octanol–water partition coefficient (Wildman–Crippen LogP) is 13.5. The summed E-state index contributed by atoms with van der Waals surface area (Å²) in [6, 6.07) is 48.5. The van der Waals surface area contributed by atoms with Gasteiger partial charge in [-0.15, -0.1) is 0 Å². The summed E-state index contributed by atoms with van der Waals surface area (Å²) < 4.78 is 6.60. The average molecular weight is 701 g/mol. The molecule has 0 spiro atoms. The molecule has 0 fully saturated rings. The standard InChI is InChI=1S/C50H40N2O2/c1-30-12-8-13-31(2)46(30)40-24-25-51-47-39(20-11-21-41(40)47)33-16-9-17-34(26-33)42-27-35(38-19-10-15-32-14-6-7-18-37(32)38)28-45-48(42)52-49(54-45)43-29-36(50(3,4)5)22-23-44(43)53/h6-29,53H,1-5H3. The van der Waals surface area contributed by atoms with Crippen molar-refractivity contribution in [3.05, 3.63) is 162 Å². The minimum atomic E-state index is -0.114. The highest BCUT2D eigenvalue weighted by Gasteiger charge is 2.22. The highest BCUT2D eigenvalue weighted by Crippen LogP contribution is 2.42. The molecule has 2 aromatic heterocycles. The molecule has 262 valence electrons. The fourth-order valence-electron chi connectivity index (χ4n) is 7.89. The van der Waals surface area contributed by atoms with E-state index in [0.29, 0.717) is 17.0 Å². The Kier molecular flexibility index (Phi) is 7.93. The molecule has 0 atom stereocenters. The number of oxazole rings is 1. The van der Waals surface area contributed by atoms with Crippen molar-refractivity contribution >= 4 is 32.8 Å². The van der Waals surface area contributed by atoms with Crippen LogP contribution in [0.15, 0.2) is 150 Å². The van der Waals surface area contributed by atoms with Crippen LogP contribution in [0.4, 0.5) is 0 Å². The number of aromatic hydroxyl groups is 1. The molecule has 1 N–H and O–H groups in total. The van der Waals surface area contributed by atoms with Crippen LogP contribution >= 0.6 is 0 Å². The molecule has 2 heterocycles. The molecule has 0 saturated carbocycles. The summed E-state index contributed by atoms with van der Waals surface area (Å²) >= 11 is 0. The van der Waals surface area contributed by atoms with E-state index in [1.54, 1.807) is 6.07 Å². The van der Waals surface area contributed by atoms with Gasteiger partial charge in [-0.2, -0.15) is 0 Å². The van der Waals surface area contributed by atoms with E-state index in [2.05, 4.69) is 156 Å². The Labute approximate surface area is 315 Å². The molecule has 0 bridgehead atoms. The van der Waals surface area contributed by atoms with Crippen LogP contribution in [0.25, 0.3) is 88.7 Å². The summed E-state index contributed by atoms with van der Waals surface area (Å²) in [5, 5.41) is 14.5. The lowest BCUT2D eigenvalue weighted by molar-refractivity contribution is 0.473. The minimum absolute atomic E-state index is 0.114. The van der Waals surface area contributed by atoms with E-state index in [1.807, 2.05) is 18.3 Å². The first-order chi connectivity index (χ1) is 26.1. The van der Waals surface area contributed by atoms with Crippen LogP contribution in [-0.2, 0) is 5.41 Å². The number of hydrogen-bond donors (Lipinski definition) is 1. The number of nitrogens with zero attached hydrogens (tertiary/aromatic N) is 2. The summed E-state index contributed by atoms with van der Waals surface area (Å²) in [6.45, 7) is 10.8. The van der Waals surface area contributed by atoms with Gasteiger partial charge in [0, 0.05) is 22.7 Å². The normalized spacial score (nSPS) is 11.9. The number of fused-ring (bicyclic) bond motifs is 3. The lowest BCUT2D eigenvalue weighted by atomic mass is 9.86. The van der Waals surface area contributed by atoms with Crippen molar-refractivity contribution in [1.29, 1.82) is 0 Å². The summed E-state index contributed by atoms with van der Waals surface area (Å²) in [6.07, 6.45) is 1.93. The van der Waals surface area contributed by atoms with Crippen molar-refractivity contribution in [1.82, 2.24) is 9.97 Å². The van der Waals surface area contributed by atoms with Crippen LogP contribution in [0, 0.1) is 13.8 Å². The third-order valence-electron chi connectivity index (χ3n) is 10.7. The van der Waals surface area contributed by atoms with Gasteiger partial charge in [0.15, 0.2) is 5.58 Å². The monoisotopic (exact) mass is 700 g/mol. The summed E-state index contributed by atoms with van der Waals surface area (Å²) in [5.74, 6) is 0.523. The second-order valence-electron chi connectivity index (χ2n) is 15.3. The Bertz CT molecular complexity index is 2880. The van der Waals surface area contributed by atoms with Crippen LogP contribution in [0.5, 0.6) is 5.75 Å². The van der Waals surface area contributed by atoms with E-state index in [1.165, 1.54) is 27.6 Å². The number of pyridine rings is 1. The molecule has 0 radical (unpaired) electrons. The van der Waals surface area contributed by atoms with Crippen LogP contribution in [0.1, 0.15) is 37.5 Å². The molecule has 7 aromatic carbocycles. The zero-order chi connectivity index (χ0) is 37.1. The molecule has 0 unspecified atom stereocenters. The molecule has 0 amide bonds. The van der Waals surface area contributed by atoms with Crippen LogP contribution < -0.4 is 0 Å². The quantitative estimate of drug-likeness (QED) is 0.194. The van der Waals surface area contributed by atoms with Gasteiger partial charge in [0.1, 0.15) is 11.3 Å². The van der Waals surface area contributed by atoms with Crippen molar-refractivity contribution in [3.8, 4) is 61.7 Å². The summed E-state index contributed by atoms with van der Waals surface area (Å²) in [4.78, 5) is 10.1. The largest absolute Gasteiger partial charge is 0.507 e. The van der Waals surface area contributed by atoms with Gasteiger partial charge in [-0.05, 0) is 117 Å². The maximum atomic E-state index is 11.1. The van der Waals surface area contributed by atoms with E-state index >= 15 is 0 Å². The van der Waals surface area contributed by atoms with Gasteiger partial charge in [0.25, 0.3) is 0 Å². The number of para-hydroxylation sites is 1. The third-order valence-corrected chi connectivity index (χ3v) is 10.7. The van der Waals surface area contributed by atoms with Crippen molar-refractivity contribution in [2.24, 2.45) is 0 Å². The molecule has 0 aliphatic rings. The first-order valence-corrected chi connectivity index (χ1v) is 18.5.